The summed E-state index contributed by atoms with van der Waals surface area (Å²) in [5, 5.41) is 5.97. The number of nitrogens with zero attached hydrogens (tertiary/aromatic N) is 1. The van der Waals surface area contributed by atoms with E-state index in [2.05, 4.69) is 16.7 Å². The van der Waals surface area contributed by atoms with Crippen molar-refractivity contribution < 1.29 is 9.59 Å². The number of aryl methyl sites for hydroxylation is 2. The zero-order valence-electron chi connectivity index (χ0n) is 15.9. The maximum Gasteiger partial charge on any atom is 0.253 e. The average molecular weight is 353 g/mol. The lowest BCUT2D eigenvalue weighted by Crippen LogP contribution is -2.30. The Morgan fingerprint density at radius 1 is 0.885 bits per heavy atom. The topological polar surface area (TPSA) is 61.4 Å². The Morgan fingerprint density at radius 2 is 1.46 bits per heavy atom. The minimum atomic E-state index is -0.113. The van der Waals surface area contributed by atoms with Gasteiger partial charge in [-0.2, -0.15) is 0 Å². The molecule has 0 fully saturated rings. The summed E-state index contributed by atoms with van der Waals surface area (Å²) in [6.45, 7) is 9.47. The summed E-state index contributed by atoms with van der Waals surface area (Å²) in [7, 11) is 0. The maximum absolute atomic E-state index is 12.3. The van der Waals surface area contributed by atoms with Crippen LogP contribution in [0.4, 0.5) is 11.4 Å². The van der Waals surface area contributed by atoms with Crippen LogP contribution in [-0.4, -0.2) is 36.3 Å². The standard InChI is InChI=1S/C21H27N3O2/c1-5-24(6-2)21(26)17-7-9-18(10-8-17)22-14-20(25)23-19-12-15(3)11-16(4)13-19/h7-13,22H,5-6,14H2,1-4H3,(H,23,25). The fraction of sp³-hybridized carbons (Fsp3) is 0.333. The van der Waals surface area contributed by atoms with Gasteiger partial charge in [-0.25, -0.2) is 0 Å². The van der Waals surface area contributed by atoms with Crippen LogP contribution >= 0.6 is 0 Å². The fourth-order valence-electron chi connectivity index (χ4n) is 2.86. The van der Waals surface area contributed by atoms with Gasteiger partial charge in [-0.3, -0.25) is 9.59 Å². The van der Waals surface area contributed by atoms with Crippen LogP contribution in [0, 0.1) is 13.8 Å². The van der Waals surface area contributed by atoms with E-state index < -0.39 is 0 Å². The van der Waals surface area contributed by atoms with Crippen molar-refractivity contribution >= 4 is 23.2 Å². The van der Waals surface area contributed by atoms with Crippen molar-refractivity contribution in [1.82, 2.24) is 4.90 Å². The zero-order valence-corrected chi connectivity index (χ0v) is 15.9. The van der Waals surface area contributed by atoms with Gasteiger partial charge in [0.25, 0.3) is 5.91 Å². The van der Waals surface area contributed by atoms with Crippen LogP contribution in [-0.2, 0) is 4.79 Å². The third-order valence-corrected chi connectivity index (χ3v) is 4.14. The molecule has 5 nitrogen and oxygen atoms in total. The highest BCUT2D eigenvalue weighted by molar-refractivity contribution is 5.95. The van der Waals surface area contributed by atoms with Crippen LogP contribution in [0.5, 0.6) is 0 Å². The highest BCUT2D eigenvalue weighted by Crippen LogP contribution is 2.14. The summed E-state index contributed by atoms with van der Waals surface area (Å²) >= 11 is 0. The summed E-state index contributed by atoms with van der Waals surface area (Å²) in [6.07, 6.45) is 0. The molecule has 2 N–H and O–H groups in total. The Labute approximate surface area is 155 Å². The molecular formula is C21H27N3O2. The van der Waals surface area contributed by atoms with Gasteiger partial charge in [0.15, 0.2) is 0 Å². The second-order valence-electron chi connectivity index (χ2n) is 6.33. The van der Waals surface area contributed by atoms with E-state index in [-0.39, 0.29) is 18.4 Å². The lowest BCUT2D eigenvalue weighted by atomic mass is 10.1. The van der Waals surface area contributed by atoms with Crippen molar-refractivity contribution in [1.29, 1.82) is 0 Å². The van der Waals surface area contributed by atoms with Gasteiger partial charge in [-0.1, -0.05) is 6.07 Å². The Hall–Kier alpha value is -2.82. The highest BCUT2D eigenvalue weighted by Gasteiger charge is 2.12. The van der Waals surface area contributed by atoms with Crippen LogP contribution in [0.2, 0.25) is 0 Å². The quantitative estimate of drug-likeness (QED) is 0.795. The lowest BCUT2D eigenvalue weighted by Gasteiger charge is -2.18. The van der Waals surface area contributed by atoms with E-state index in [4.69, 9.17) is 0 Å². The second-order valence-corrected chi connectivity index (χ2v) is 6.33. The molecule has 0 spiro atoms. The van der Waals surface area contributed by atoms with Gasteiger partial charge >= 0.3 is 0 Å². The zero-order chi connectivity index (χ0) is 19.1. The molecule has 2 aromatic rings. The summed E-state index contributed by atoms with van der Waals surface area (Å²) in [4.78, 5) is 26.2. The number of benzene rings is 2. The molecule has 2 amide bonds. The molecule has 2 rings (SSSR count). The smallest absolute Gasteiger partial charge is 0.253 e. The molecule has 0 aliphatic rings. The van der Waals surface area contributed by atoms with E-state index in [1.54, 1.807) is 17.0 Å². The summed E-state index contributed by atoms with van der Waals surface area (Å²) in [5.41, 5.74) is 4.48. The second kappa shape index (κ2) is 9.04. The third-order valence-electron chi connectivity index (χ3n) is 4.14. The van der Waals surface area contributed by atoms with Crippen LogP contribution in [0.25, 0.3) is 0 Å². The normalized spacial score (nSPS) is 10.3. The predicted octanol–water partition coefficient (Wildman–Crippen LogP) is 3.84. The van der Waals surface area contributed by atoms with E-state index in [0.717, 1.165) is 22.5 Å². The first-order valence-electron chi connectivity index (χ1n) is 8.94. The molecule has 0 aromatic heterocycles. The number of nitrogens with one attached hydrogen (secondary N) is 2. The molecule has 26 heavy (non-hydrogen) atoms. The van der Waals surface area contributed by atoms with E-state index in [1.807, 2.05) is 52.0 Å². The average Bonchev–Trinajstić information content (AvgIpc) is 2.60. The van der Waals surface area contributed by atoms with Crippen LogP contribution in [0.3, 0.4) is 0 Å². The van der Waals surface area contributed by atoms with Gasteiger partial charge in [-0.15, -0.1) is 0 Å². The maximum atomic E-state index is 12.3. The van der Waals surface area contributed by atoms with Crippen LogP contribution in [0.15, 0.2) is 42.5 Å². The van der Waals surface area contributed by atoms with Gasteiger partial charge in [0.1, 0.15) is 0 Å². The Bertz CT molecular complexity index is 745. The molecule has 0 bridgehead atoms. The molecule has 138 valence electrons. The Kier molecular flexibility index (Phi) is 6.78. The van der Waals surface area contributed by atoms with Crippen molar-refractivity contribution in [3.8, 4) is 0 Å². The Morgan fingerprint density at radius 3 is 2.00 bits per heavy atom. The largest absolute Gasteiger partial charge is 0.376 e. The molecule has 0 unspecified atom stereocenters. The van der Waals surface area contributed by atoms with Crippen molar-refractivity contribution in [3.63, 3.8) is 0 Å². The number of hydrogen-bond acceptors (Lipinski definition) is 3. The minimum Gasteiger partial charge on any atom is -0.376 e. The van der Waals surface area contributed by atoms with Gasteiger partial charge < -0.3 is 15.5 Å². The van der Waals surface area contributed by atoms with Gasteiger partial charge in [-0.05, 0) is 75.2 Å². The summed E-state index contributed by atoms with van der Waals surface area (Å²) in [6, 6.07) is 13.2. The predicted molar refractivity (Wildman–Crippen MR) is 107 cm³/mol. The first-order chi connectivity index (χ1) is 12.4. The minimum absolute atomic E-state index is 0.0223. The first kappa shape index (κ1) is 19.5. The monoisotopic (exact) mass is 353 g/mol. The van der Waals surface area contributed by atoms with Crippen LogP contribution in [0.1, 0.15) is 35.3 Å². The number of hydrogen-bond donors (Lipinski definition) is 2. The molecule has 0 aliphatic carbocycles. The van der Waals surface area contributed by atoms with E-state index in [0.29, 0.717) is 18.7 Å². The number of anilines is 2. The molecule has 0 saturated carbocycles. The van der Waals surface area contributed by atoms with E-state index in [1.165, 1.54) is 0 Å². The van der Waals surface area contributed by atoms with Crippen molar-refractivity contribution in [2.75, 3.05) is 30.3 Å². The van der Waals surface area contributed by atoms with Gasteiger partial charge in [0, 0.05) is 30.0 Å². The number of rotatable bonds is 7. The molecule has 2 aromatic carbocycles. The van der Waals surface area contributed by atoms with E-state index in [9.17, 15) is 9.59 Å². The summed E-state index contributed by atoms with van der Waals surface area (Å²) < 4.78 is 0. The number of carbonyl (C=O) groups excluding carboxylic acids is 2. The number of amides is 2. The van der Waals surface area contributed by atoms with Gasteiger partial charge in [0.05, 0.1) is 6.54 Å². The Balaban J connectivity index is 1.91. The highest BCUT2D eigenvalue weighted by atomic mass is 16.2. The molecule has 0 radical (unpaired) electrons. The van der Waals surface area contributed by atoms with Gasteiger partial charge in [0.2, 0.25) is 5.91 Å². The molecule has 0 saturated heterocycles. The molecule has 0 atom stereocenters. The number of carbonyl (C=O) groups is 2. The van der Waals surface area contributed by atoms with Crippen LogP contribution < -0.4 is 10.6 Å². The molecular weight excluding hydrogens is 326 g/mol. The molecule has 5 heteroatoms. The van der Waals surface area contributed by atoms with E-state index >= 15 is 0 Å². The van der Waals surface area contributed by atoms with Crippen molar-refractivity contribution in [2.24, 2.45) is 0 Å². The van der Waals surface area contributed by atoms with Crippen molar-refractivity contribution in [3.05, 3.63) is 59.2 Å². The first-order valence-corrected chi connectivity index (χ1v) is 8.94. The fourth-order valence-corrected chi connectivity index (χ4v) is 2.86. The van der Waals surface area contributed by atoms with Crippen molar-refractivity contribution in [2.45, 2.75) is 27.7 Å². The molecule has 0 aliphatic heterocycles. The molecule has 0 heterocycles. The lowest BCUT2D eigenvalue weighted by molar-refractivity contribution is -0.114. The SMILES string of the molecule is CCN(CC)C(=O)c1ccc(NCC(=O)Nc2cc(C)cc(C)c2)cc1. The summed E-state index contributed by atoms with van der Waals surface area (Å²) in [5.74, 6) is -0.0904. The third kappa shape index (κ3) is 5.34.